The number of hydrogen-bond acceptors (Lipinski definition) is 7. The molecule has 0 spiro atoms. The van der Waals surface area contributed by atoms with Crippen LogP contribution in [-0.4, -0.2) is 64.7 Å². The maximum Gasteiger partial charge on any atom is 0.424 e. The topological polar surface area (TPSA) is 120 Å². The molecule has 0 radical (unpaired) electrons. The molecule has 140 valence electrons. The lowest BCUT2D eigenvalue weighted by atomic mass is 10.2. The second-order valence-corrected chi connectivity index (χ2v) is 7.11. The first-order valence-electron chi connectivity index (χ1n) is 7.31. The van der Waals surface area contributed by atoms with E-state index in [0.29, 0.717) is 0 Å². The summed E-state index contributed by atoms with van der Waals surface area (Å²) in [7, 11) is 2.61. The van der Waals surface area contributed by atoms with Gasteiger partial charge in [0.15, 0.2) is 6.17 Å². The first kappa shape index (κ1) is 21.9. The zero-order valence-corrected chi connectivity index (χ0v) is 15.5. The van der Waals surface area contributed by atoms with Crippen molar-refractivity contribution in [2.45, 2.75) is 58.9 Å². The van der Waals surface area contributed by atoms with Crippen LogP contribution in [0.25, 0.3) is 0 Å². The highest BCUT2D eigenvalue weighted by Crippen LogP contribution is 2.09. The number of carboxylic acids is 1. The average Bonchev–Trinajstić information content (AvgIpc) is 2.33. The van der Waals surface area contributed by atoms with Gasteiger partial charge in [-0.3, -0.25) is 0 Å². The van der Waals surface area contributed by atoms with Crippen LogP contribution in [0.3, 0.4) is 0 Å². The van der Waals surface area contributed by atoms with Crippen LogP contribution >= 0.6 is 0 Å². The number of carboxylic acid groups (broad SMARTS) is 1. The summed E-state index contributed by atoms with van der Waals surface area (Å²) in [5.74, 6) is -1.33. The SMILES string of the molecule is CN(NC(NN(C)C(=O)OC(C)(C)C)C(=O)O)C(=O)OC(C)(C)C. The van der Waals surface area contributed by atoms with Crippen molar-refractivity contribution in [2.75, 3.05) is 14.1 Å². The maximum absolute atomic E-state index is 11.8. The van der Waals surface area contributed by atoms with Crippen LogP contribution in [-0.2, 0) is 14.3 Å². The van der Waals surface area contributed by atoms with Crippen LogP contribution in [0.1, 0.15) is 41.5 Å². The van der Waals surface area contributed by atoms with E-state index in [9.17, 15) is 19.5 Å². The molecule has 10 nitrogen and oxygen atoms in total. The summed E-state index contributed by atoms with van der Waals surface area (Å²) in [5, 5.41) is 11.0. The molecule has 0 heterocycles. The van der Waals surface area contributed by atoms with E-state index in [1.165, 1.54) is 14.1 Å². The largest absolute Gasteiger partial charge is 0.479 e. The molecule has 2 amide bonds. The van der Waals surface area contributed by atoms with Gasteiger partial charge in [-0.15, -0.1) is 0 Å². The van der Waals surface area contributed by atoms with Gasteiger partial charge in [-0.2, -0.15) is 10.9 Å². The number of ether oxygens (including phenoxy) is 2. The van der Waals surface area contributed by atoms with Gasteiger partial charge >= 0.3 is 18.2 Å². The van der Waals surface area contributed by atoms with Crippen molar-refractivity contribution in [1.82, 2.24) is 20.9 Å². The van der Waals surface area contributed by atoms with Crippen molar-refractivity contribution in [3.8, 4) is 0 Å². The number of carbonyl (C=O) groups is 3. The van der Waals surface area contributed by atoms with Crippen molar-refractivity contribution in [1.29, 1.82) is 0 Å². The number of hydrogen-bond donors (Lipinski definition) is 3. The van der Waals surface area contributed by atoms with Gasteiger partial charge in [0.25, 0.3) is 0 Å². The van der Waals surface area contributed by atoms with Gasteiger partial charge < -0.3 is 14.6 Å². The number of rotatable bonds is 5. The fourth-order valence-corrected chi connectivity index (χ4v) is 1.29. The molecule has 3 N–H and O–H groups in total. The summed E-state index contributed by atoms with van der Waals surface area (Å²) in [6.45, 7) is 10.1. The van der Waals surface area contributed by atoms with Crippen molar-refractivity contribution in [3.05, 3.63) is 0 Å². The van der Waals surface area contributed by atoms with Crippen LogP contribution in [0.5, 0.6) is 0 Å². The molecule has 0 bridgehead atoms. The fraction of sp³-hybridized carbons (Fsp3) is 0.786. The van der Waals surface area contributed by atoms with Crippen LogP contribution in [0, 0.1) is 0 Å². The van der Waals surface area contributed by atoms with E-state index in [0.717, 1.165) is 10.0 Å². The Morgan fingerprint density at radius 3 is 1.33 bits per heavy atom. The third-order valence-corrected chi connectivity index (χ3v) is 2.23. The summed E-state index contributed by atoms with van der Waals surface area (Å²) < 4.78 is 10.2. The number of carbonyl (C=O) groups excluding carboxylic acids is 2. The monoisotopic (exact) mass is 348 g/mol. The Kier molecular flexibility index (Phi) is 7.45. The van der Waals surface area contributed by atoms with E-state index < -0.39 is 35.5 Å². The Labute approximate surface area is 142 Å². The highest BCUT2D eigenvalue weighted by Gasteiger charge is 2.28. The number of hydrazine groups is 2. The maximum atomic E-state index is 11.8. The quantitative estimate of drug-likeness (QED) is 0.500. The molecule has 0 atom stereocenters. The van der Waals surface area contributed by atoms with Crippen molar-refractivity contribution in [3.63, 3.8) is 0 Å². The van der Waals surface area contributed by atoms with Crippen molar-refractivity contribution >= 4 is 18.2 Å². The molecule has 0 rings (SSSR count). The summed E-state index contributed by atoms with van der Waals surface area (Å²) in [5.41, 5.74) is 3.31. The average molecular weight is 348 g/mol. The van der Waals surface area contributed by atoms with Gasteiger partial charge in [0.2, 0.25) is 0 Å². The predicted molar refractivity (Wildman–Crippen MR) is 85.7 cm³/mol. The summed E-state index contributed by atoms with van der Waals surface area (Å²) in [6, 6.07) is 0. The molecular formula is C14H28N4O6. The Morgan fingerprint density at radius 2 is 1.12 bits per heavy atom. The Hall–Kier alpha value is -2.07. The summed E-state index contributed by atoms with van der Waals surface area (Å²) >= 11 is 0. The Morgan fingerprint density at radius 1 is 0.833 bits per heavy atom. The molecule has 0 unspecified atom stereocenters. The molecule has 0 fully saturated rings. The summed E-state index contributed by atoms with van der Waals surface area (Å²) in [4.78, 5) is 35.0. The van der Waals surface area contributed by atoms with Crippen molar-refractivity contribution in [2.24, 2.45) is 0 Å². The van der Waals surface area contributed by atoms with E-state index in [1.54, 1.807) is 41.5 Å². The van der Waals surface area contributed by atoms with E-state index in [1.807, 2.05) is 0 Å². The molecule has 0 aliphatic carbocycles. The first-order valence-corrected chi connectivity index (χ1v) is 7.31. The van der Waals surface area contributed by atoms with Crippen LogP contribution in [0.2, 0.25) is 0 Å². The second kappa shape index (κ2) is 8.15. The van der Waals surface area contributed by atoms with E-state index in [4.69, 9.17) is 9.47 Å². The zero-order chi connectivity index (χ0) is 19.3. The zero-order valence-electron chi connectivity index (χ0n) is 15.5. The van der Waals surface area contributed by atoms with Crippen molar-refractivity contribution < 1.29 is 29.0 Å². The van der Waals surface area contributed by atoms with Gasteiger partial charge in [0.1, 0.15) is 11.2 Å². The third-order valence-electron chi connectivity index (χ3n) is 2.23. The smallest absolute Gasteiger partial charge is 0.424 e. The first-order chi connectivity index (χ1) is 10.6. The van der Waals surface area contributed by atoms with Gasteiger partial charge in [-0.05, 0) is 41.5 Å². The molecule has 0 saturated heterocycles. The predicted octanol–water partition coefficient (Wildman–Crippen LogP) is 1.14. The molecule has 0 aliphatic rings. The van der Waals surface area contributed by atoms with Gasteiger partial charge in [0.05, 0.1) is 0 Å². The molecule has 0 aliphatic heterocycles. The number of nitrogens with one attached hydrogen (secondary N) is 2. The molecular weight excluding hydrogens is 320 g/mol. The number of amides is 2. The Balaban J connectivity index is 4.79. The molecule has 0 aromatic heterocycles. The number of aliphatic carboxylic acids is 1. The van der Waals surface area contributed by atoms with E-state index in [2.05, 4.69) is 10.9 Å². The minimum Gasteiger partial charge on any atom is -0.479 e. The molecule has 0 aromatic rings. The fourth-order valence-electron chi connectivity index (χ4n) is 1.29. The number of nitrogens with zero attached hydrogens (tertiary/aromatic N) is 2. The van der Waals surface area contributed by atoms with E-state index in [-0.39, 0.29) is 0 Å². The van der Waals surface area contributed by atoms with Gasteiger partial charge in [-0.25, -0.2) is 24.4 Å². The molecule has 10 heteroatoms. The highest BCUT2D eigenvalue weighted by molar-refractivity contribution is 5.75. The van der Waals surface area contributed by atoms with Crippen LogP contribution in [0.4, 0.5) is 9.59 Å². The van der Waals surface area contributed by atoms with Gasteiger partial charge in [0, 0.05) is 14.1 Å². The molecule has 0 aromatic carbocycles. The molecule has 0 saturated carbocycles. The lowest BCUT2D eigenvalue weighted by molar-refractivity contribution is -0.143. The Bertz CT molecular complexity index is 433. The second-order valence-electron chi connectivity index (χ2n) is 7.11. The van der Waals surface area contributed by atoms with Crippen LogP contribution in [0.15, 0.2) is 0 Å². The lowest BCUT2D eigenvalue weighted by Gasteiger charge is -2.30. The summed E-state index contributed by atoms with van der Waals surface area (Å²) in [6.07, 6.45) is -2.99. The van der Waals surface area contributed by atoms with Crippen LogP contribution < -0.4 is 10.9 Å². The normalized spacial score (nSPS) is 11.9. The standard InChI is InChI=1S/C14H28N4O6/c1-13(2,3)23-11(21)17(7)15-9(10(19)20)16-18(8)12(22)24-14(4,5)6/h9,15-16H,1-8H3,(H,19,20). The lowest BCUT2D eigenvalue weighted by Crippen LogP contribution is -2.61. The van der Waals surface area contributed by atoms with Gasteiger partial charge in [-0.1, -0.05) is 0 Å². The minimum atomic E-state index is -1.46. The molecule has 24 heavy (non-hydrogen) atoms. The highest BCUT2D eigenvalue weighted by atomic mass is 16.6. The van der Waals surface area contributed by atoms with E-state index >= 15 is 0 Å². The third kappa shape index (κ3) is 9.16. The minimum absolute atomic E-state index is 0.730.